The van der Waals surface area contributed by atoms with Crippen molar-refractivity contribution in [2.24, 2.45) is 11.8 Å². The standard InChI is InChI=1S/C27H29N2O3/c30-27(23-10-3-1-4-11-23,24-12-5-2-6-13-24)25-20-29(17-15-21(25)16-18-29)19-22-9-7-8-14-26(22)28(31)32/h1-14,21,25,30H,15-20H2/q+1/t21?,25-,29?/m0/s1. The number of piperidine rings is 3. The molecule has 3 saturated heterocycles. The highest BCUT2D eigenvalue weighted by Crippen LogP contribution is 2.50. The Morgan fingerprint density at radius 1 is 0.875 bits per heavy atom. The van der Waals surface area contributed by atoms with Crippen LogP contribution in [0.5, 0.6) is 0 Å². The number of fused-ring (bicyclic) bond motifs is 3. The van der Waals surface area contributed by atoms with E-state index >= 15 is 0 Å². The maximum atomic E-state index is 12.4. The van der Waals surface area contributed by atoms with Crippen molar-refractivity contribution in [2.75, 3.05) is 19.6 Å². The molecule has 3 heterocycles. The number of nitro groups is 1. The van der Waals surface area contributed by atoms with Crippen LogP contribution in [0.15, 0.2) is 84.9 Å². The molecule has 0 spiro atoms. The summed E-state index contributed by atoms with van der Waals surface area (Å²) in [7, 11) is 0. The number of quaternary nitrogens is 1. The molecule has 0 aliphatic carbocycles. The molecule has 2 bridgehead atoms. The predicted molar refractivity (Wildman–Crippen MR) is 124 cm³/mol. The summed E-state index contributed by atoms with van der Waals surface area (Å²) in [6.45, 7) is 3.47. The van der Waals surface area contributed by atoms with Gasteiger partial charge >= 0.3 is 0 Å². The van der Waals surface area contributed by atoms with Gasteiger partial charge in [0.25, 0.3) is 5.69 Å². The third-order valence-corrected chi connectivity index (χ3v) is 7.76. The number of para-hydroxylation sites is 1. The molecular weight excluding hydrogens is 400 g/mol. The first-order chi connectivity index (χ1) is 15.5. The Kier molecular flexibility index (Phi) is 5.31. The van der Waals surface area contributed by atoms with Crippen LogP contribution in [0.1, 0.15) is 29.5 Å². The third-order valence-electron chi connectivity index (χ3n) is 7.76. The zero-order chi connectivity index (χ0) is 22.2. The normalized spacial score (nSPS) is 24.9. The molecule has 1 N–H and O–H groups in total. The van der Waals surface area contributed by atoms with Gasteiger partial charge in [0.2, 0.25) is 0 Å². The van der Waals surface area contributed by atoms with Crippen molar-refractivity contribution in [3.8, 4) is 0 Å². The molecule has 0 aromatic heterocycles. The van der Waals surface area contributed by atoms with E-state index < -0.39 is 5.60 Å². The highest BCUT2D eigenvalue weighted by Gasteiger charge is 2.55. The molecule has 5 heteroatoms. The van der Waals surface area contributed by atoms with Gasteiger partial charge in [0.05, 0.1) is 30.1 Å². The van der Waals surface area contributed by atoms with Gasteiger partial charge in [-0.25, -0.2) is 0 Å². The topological polar surface area (TPSA) is 63.4 Å². The molecule has 3 fully saturated rings. The van der Waals surface area contributed by atoms with Crippen molar-refractivity contribution >= 4 is 5.69 Å². The average molecular weight is 430 g/mol. The SMILES string of the molecule is O=[N+]([O-])c1ccccc1C[N+]12CCC(CC1)[C@@H](C(O)(c1ccccc1)c1ccccc1)C2. The van der Waals surface area contributed by atoms with Crippen LogP contribution >= 0.6 is 0 Å². The first-order valence-electron chi connectivity index (χ1n) is 11.4. The van der Waals surface area contributed by atoms with Gasteiger partial charge in [-0.05, 0) is 23.1 Å². The summed E-state index contributed by atoms with van der Waals surface area (Å²) in [4.78, 5) is 11.3. The fourth-order valence-electron chi connectivity index (χ4n) is 6.15. The third kappa shape index (κ3) is 3.51. The van der Waals surface area contributed by atoms with Gasteiger partial charge in [-0.2, -0.15) is 0 Å². The lowest BCUT2D eigenvalue weighted by molar-refractivity contribution is -0.960. The van der Waals surface area contributed by atoms with Gasteiger partial charge in [-0.3, -0.25) is 10.1 Å². The second kappa shape index (κ2) is 8.15. The van der Waals surface area contributed by atoms with E-state index in [1.54, 1.807) is 12.1 Å². The zero-order valence-electron chi connectivity index (χ0n) is 18.1. The van der Waals surface area contributed by atoms with E-state index in [2.05, 4.69) is 0 Å². The molecule has 3 aliphatic rings. The minimum absolute atomic E-state index is 0.0533. The van der Waals surface area contributed by atoms with Crippen LogP contribution in [0.25, 0.3) is 0 Å². The quantitative estimate of drug-likeness (QED) is 0.345. The molecule has 32 heavy (non-hydrogen) atoms. The van der Waals surface area contributed by atoms with E-state index in [9.17, 15) is 15.2 Å². The molecule has 3 aromatic carbocycles. The van der Waals surface area contributed by atoms with E-state index in [0.29, 0.717) is 12.5 Å². The van der Waals surface area contributed by atoms with Crippen molar-refractivity contribution in [1.82, 2.24) is 0 Å². The molecule has 0 saturated carbocycles. The van der Waals surface area contributed by atoms with Crippen molar-refractivity contribution in [1.29, 1.82) is 0 Å². The highest BCUT2D eigenvalue weighted by molar-refractivity contribution is 5.40. The lowest BCUT2D eigenvalue weighted by Crippen LogP contribution is -2.65. The molecule has 3 aromatic rings. The lowest BCUT2D eigenvalue weighted by Gasteiger charge is -2.56. The molecule has 164 valence electrons. The Balaban J connectivity index is 1.55. The van der Waals surface area contributed by atoms with Crippen LogP contribution in [0.2, 0.25) is 0 Å². The monoisotopic (exact) mass is 429 g/mol. The summed E-state index contributed by atoms with van der Waals surface area (Å²) in [5.41, 5.74) is 1.76. The molecule has 0 amide bonds. The molecule has 0 unspecified atom stereocenters. The van der Waals surface area contributed by atoms with Gasteiger partial charge in [0.15, 0.2) is 0 Å². The number of nitrogens with zero attached hydrogens (tertiary/aromatic N) is 2. The Morgan fingerprint density at radius 3 is 1.97 bits per heavy atom. The Labute approximate surface area is 188 Å². The number of nitro benzene ring substituents is 1. The highest BCUT2D eigenvalue weighted by atomic mass is 16.6. The maximum absolute atomic E-state index is 12.4. The van der Waals surface area contributed by atoms with E-state index in [0.717, 1.165) is 53.6 Å². The van der Waals surface area contributed by atoms with Crippen molar-refractivity contribution in [3.63, 3.8) is 0 Å². The molecule has 0 radical (unpaired) electrons. The van der Waals surface area contributed by atoms with E-state index in [1.807, 2.05) is 72.8 Å². The van der Waals surface area contributed by atoms with Crippen LogP contribution in [0.4, 0.5) is 5.69 Å². The first-order valence-corrected chi connectivity index (χ1v) is 11.4. The predicted octanol–water partition coefficient (Wildman–Crippen LogP) is 4.89. The van der Waals surface area contributed by atoms with Crippen LogP contribution < -0.4 is 0 Å². The molecule has 3 aliphatic heterocycles. The Morgan fingerprint density at radius 2 is 1.41 bits per heavy atom. The van der Waals surface area contributed by atoms with Crippen LogP contribution in [0.3, 0.4) is 0 Å². The summed E-state index contributed by atoms with van der Waals surface area (Å²) in [5, 5.41) is 24.0. The van der Waals surface area contributed by atoms with Gasteiger partial charge in [-0.1, -0.05) is 72.8 Å². The molecule has 6 rings (SSSR count). The molecular formula is C27H29N2O3+. The Bertz CT molecular complexity index is 1050. The van der Waals surface area contributed by atoms with Crippen molar-refractivity contribution in [2.45, 2.75) is 25.0 Å². The average Bonchev–Trinajstić information content (AvgIpc) is 2.85. The van der Waals surface area contributed by atoms with Gasteiger partial charge < -0.3 is 9.59 Å². The van der Waals surface area contributed by atoms with Gasteiger partial charge in [0.1, 0.15) is 12.1 Å². The second-order valence-electron chi connectivity index (χ2n) is 9.46. The number of hydrogen-bond donors (Lipinski definition) is 1. The summed E-state index contributed by atoms with van der Waals surface area (Å²) >= 11 is 0. The van der Waals surface area contributed by atoms with Gasteiger partial charge in [0, 0.05) is 24.8 Å². The number of benzene rings is 3. The summed E-state index contributed by atoms with van der Waals surface area (Å²) in [5.74, 6) is 0.490. The minimum Gasteiger partial charge on any atom is -0.380 e. The summed E-state index contributed by atoms with van der Waals surface area (Å²) in [6.07, 6.45) is 2.07. The zero-order valence-corrected chi connectivity index (χ0v) is 18.1. The van der Waals surface area contributed by atoms with E-state index in [1.165, 1.54) is 0 Å². The molecule has 5 nitrogen and oxygen atoms in total. The first kappa shape index (κ1) is 20.9. The van der Waals surface area contributed by atoms with Crippen LogP contribution in [-0.4, -0.2) is 34.1 Å². The van der Waals surface area contributed by atoms with E-state index in [-0.39, 0.29) is 16.5 Å². The number of rotatable bonds is 6. The Hall–Kier alpha value is -3.02. The summed E-state index contributed by atoms with van der Waals surface area (Å²) < 4.78 is 0.800. The maximum Gasteiger partial charge on any atom is 0.278 e. The fourth-order valence-corrected chi connectivity index (χ4v) is 6.15. The van der Waals surface area contributed by atoms with Gasteiger partial charge in [-0.15, -0.1) is 0 Å². The van der Waals surface area contributed by atoms with Crippen molar-refractivity contribution < 1.29 is 14.5 Å². The van der Waals surface area contributed by atoms with Crippen LogP contribution in [-0.2, 0) is 12.1 Å². The lowest BCUT2D eigenvalue weighted by atomic mass is 9.64. The van der Waals surface area contributed by atoms with Crippen molar-refractivity contribution in [3.05, 3.63) is 112 Å². The fraction of sp³-hybridized carbons (Fsp3) is 0.333. The number of aliphatic hydroxyl groups is 1. The number of hydrogen-bond acceptors (Lipinski definition) is 3. The minimum atomic E-state index is -1.08. The summed E-state index contributed by atoms with van der Waals surface area (Å²) in [6, 6.07) is 27.1. The van der Waals surface area contributed by atoms with E-state index in [4.69, 9.17) is 0 Å². The van der Waals surface area contributed by atoms with Crippen LogP contribution in [0, 0.1) is 22.0 Å². The second-order valence-corrected chi connectivity index (χ2v) is 9.46. The smallest absolute Gasteiger partial charge is 0.278 e. The largest absolute Gasteiger partial charge is 0.380 e. The molecule has 1 atom stereocenters.